The maximum absolute atomic E-state index is 4.49. The molecule has 0 spiro atoms. The van der Waals surface area contributed by atoms with Crippen molar-refractivity contribution in [2.75, 3.05) is 11.9 Å². The molecule has 1 aliphatic heterocycles. The Balaban J connectivity index is 1.53. The van der Waals surface area contributed by atoms with Gasteiger partial charge < -0.3 is 14.0 Å². The summed E-state index contributed by atoms with van der Waals surface area (Å²) in [6.45, 7) is 3.80. The highest BCUT2D eigenvalue weighted by atomic mass is 15.4. The van der Waals surface area contributed by atoms with Gasteiger partial charge in [-0.3, -0.25) is 0 Å². The molecule has 1 unspecified atom stereocenters. The summed E-state index contributed by atoms with van der Waals surface area (Å²) < 4.78 is 4.24. The number of fused-ring (bicyclic) bond motifs is 1. The molecule has 0 amide bonds. The van der Waals surface area contributed by atoms with E-state index in [0.29, 0.717) is 5.92 Å². The average molecular weight is 337 g/mol. The fourth-order valence-electron chi connectivity index (χ4n) is 3.64. The summed E-state index contributed by atoms with van der Waals surface area (Å²) in [4.78, 5) is 2.15. The lowest BCUT2D eigenvalue weighted by Crippen LogP contribution is -2.23. The molecule has 4 rings (SSSR count). The second kappa shape index (κ2) is 6.31. The van der Waals surface area contributed by atoms with Gasteiger partial charge in [0, 0.05) is 39.5 Å². The molecule has 0 saturated heterocycles. The third kappa shape index (κ3) is 3.01. The van der Waals surface area contributed by atoms with Crippen LogP contribution in [0.3, 0.4) is 0 Å². The van der Waals surface area contributed by atoms with Crippen LogP contribution in [-0.4, -0.2) is 36.6 Å². The summed E-state index contributed by atoms with van der Waals surface area (Å²) in [6.07, 6.45) is 3.78. The Morgan fingerprint density at radius 2 is 2.12 bits per heavy atom. The lowest BCUT2D eigenvalue weighted by molar-refractivity contribution is 0.430. The van der Waals surface area contributed by atoms with Gasteiger partial charge in [0.05, 0.1) is 0 Å². The van der Waals surface area contributed by atoms with E-state index in [1.54, 1.807) is 0 Å². The quantitative estimate of drug-likeness (QED) is 0.729. The first kappa shape index (κ1) is 15.8. The molecule has 1 aliphatic rings. The van der Waals surface area contributed by atoms with Crippen molar-refractivity contribution < 1.29 is 0 Å². The molecule has 130 valence electrons. The van der Waals surface area contributed by atoms with Crippen molar-refractivity contribution in [3.63, 3.8) is 0 Å². The van der Waals surface area contributed by atoms with E-state index < -0.39 is 0 Å². The molecule has 0 fully saturated rings. The minimum atomic E-state index is 0.349. The zero-order valence-corrected chi connectivity index (χ0v) is 14.9. The fourth-order valence-corrected chi connectivity index (χ4v) is 3.64. The molecule has 0 radical (unpaired) electrons. The van der Waals surface area contributed by atoms with Crippen molar-refractivity contribution in [3.05, 3.63) is 53.4 Å². The largest absolute Gasteiger partial charge is 0.340 e. The summed E-state index contributed by atoms with van der Waals surface area (Å²) >= 11 is 0. The van der Waals surface area contributed by atoms with E-state index in [4.69, 9.17) is 0 Å². The third-order valence-corrected chi connectivity index (χ3v) is 4.92. The van der Waals surface area contributed by atoms with Crippen LogP contribution in [0.4, 0.5) is 5.95 Å². The zero-order valence-electron chi connectivity index (χ0n) is 14.9. The first-order valence-electron chi connectivity index (χ1n) is 8.64. The third-order valence-electron chi connectivity index (χ3n) is 4.92. The molecular weight excluding hydrogens is 314 g/mol. The first-order valence-corrected chi connectivity index (χ1v) is 8.64. The Bertz CT molecular complexity index is 879. The Hall–Kier alpha value is -2.70. The smallest absolute Gasteiger partial charge is 0.227 e. The van der Waals surface area contributed by atoms with Gasteiger partial charge in [-0.1, -0.05) is 29.8 Å². The summed E-state index contributed by atoms with van der Waals surface area (Å²) in [5.41, 5.74) is 2.55. The van der Waals surface area contributed by atoms with Crippen LogP contribution >= 0.6 is 0 Å². The molecule has 7 heteroatoms. The van der Waals surface area contributed by atoms with Gasteiger partial charge in [-0.15, -0.1) is 20.4 Å². The van der Waals surface area contributed by atoms with E-state index in [1.807, 2.05) is 6.33 Å². The van der Waals surface area contributed by atoms with Gasteiger partial charge in [-0.2, -0.15) is 0 Å². The van der Waals surface area contributed by atoms with E-state index in [0.717, 1.165) is 43.5 Å². The number of aromatic nitrogens is 6. The van der Waals surface area contributed by atoms with E-state index in [-0.39, 0.29) is 0 Å². The molecule has 0 N–H and O–H groups in total. The topological polar surface area (TPSA) is 64.7 Å². The maximum Gasteiger partial charge on any atom is 0.227 e. The molecule has 3 heterocycles. The summed E-state index contributed by atoms with van der Waals surface area (Å²) in [5.74, 6) is 3.34. The summed E-state index contributed by atoms with van der Waals surface area (Å²) in [6, 6.07) is 8.57. The molecular formula is C18H23N7. The highest BCUT2D eigenvalue weighted by molar-refractivity contribution is 5.33. The van der Waals surface area contributed by atoms with Crippen LogP contribution in [0.2, 0.25) is 0 Å². The Morgan fingerprint density at radius 3 is 2.96 bits per heavy atom. The fraction of sp³-hybridized carbons (Fsp3) is 0.444. The lowest BCUT2D eigenvalue weighted by atomic mass is 9.98. The molecule has 1 aromatic carbocycles. The predicted molar refractivity (Wildman–Crippen MR) is 95.4 cm³/mol. The summed E-state index contributed by atoms with van der Waals surface area (Å²) in [7, 11) is 4.12. The normalized spacial score (nSPS) is 16.7. The Morgan fingerprint density at radius 1 is 1.24 bits per heavy atom. The van der Waals surface area contributed by atoms with E-state index in [2.05, 4.69) is 79.7 Å². The molecule has 0 saturated carbocycles. The molecule has 7 nitrogen and oxygen atoms in total. The van der Waals surface area contributed by atoms with Crippen LogP contribution in [0.5, 0.6) is 0 Å². The molecule has 0 aliphatic carbocycles. The number of hydrogen-bond acceptors (Lipinski definition) is 5. The molecule has 25 heavy (non-hydrogen) atoms. The highest BCUT2D eigenvalue weighted by Crippen LogP contribution is 2.28. The van der Waals surface area contributed by atoms with Crippen LogP contribution < -0.4 is 4.90 Å². The van der Waals surface area contributed by atoms with E-state index in [9.17, 15) is 0 Å². The average Bonchev–Trinajstić information content (AvgIpc) is 3.20. The van der Waals surface area contributed by atoms with Gasteiger partial charge in [-0.05, 0) is 18.9 Å². The highest BCUT2D eigenvalue weighted by Gasteiger charge is 2.26. The number of hydrogen-bond donors (Lipinski definition) is 0. The minimum absolute atomic E-state index is 0.349. The van der Waals surface area contributed by atoms with Gasteiger partial charge in [-0.25, -0.2) is 0 Å². The second-order valence-corrected chi connectivity index (χ2v) is 6.90. The number of aryl methyl sites for hydroxylation is 2. The van der Waals surface area contributed by atoms with Crippen LogP contribution in [-0.2, 0) is 26.6 Å². The predicted octanol–water partition coefficient (Wildman–Crippen LogP) is 2.08. The van der Waals surface area contributed by atoms with Crippen molar-refractivity contribution >= 4 is 5.95 Å². The van der Waals surface area contributed by atoms with Crippen LogP contribution in [0.1, 0.15) is 35.1 Å². The first-order chi connectivity index (χ1) is 12.1. The maximum atomic E-state index is 4.49. The zero-order chi connectivity index (χ0) is 17.4. The van der Waals surface area contributed by atoms with Crippen LogP contribution in [0.25, 0.3) is 0 Å². The standard InChI is InChI=1S/C18H23N7/c1-13-5-4-6-14(9-13)10-23(2)18-22-21-17(24(18)3)15-7-8-16-20-19-12-25(16)11-15/h4-6,9,12,15H,7-8,10-11H2,1-3H3. The SMILES string of the molecule is Cc1cccc(CN(C)c2nnc(C3CCc4nncn4C3)n2C)c1. The number of benzene rings is 1. The van der Waals surface area contributed by atoms with E-state index >= 15 is 0 Å². The van der Waals surface area contributed by atoms with Crippen molar-refractivity contribution in [1.82, 2.24) is 29.5 Å². The number of anilines is 1. The van der Waals surface area contributed by atoms with Gasteiger partial charge in [0.15, 0.2) is 0 Å². The molecule has 0 bridgehead atoms. The molecule has 3 aromatic rings. The van der Waals surface area contributed by atoms with Crippen LogP contribution in [0.15, 0.2) is 30.6 Å². The van der Waals surface area contributed by atoms with E-state index in [1.165, 1.54) is 11.1 Å². The second-order valence-electron chi connectivity index (χ2n) is 6.90. The molecule has 1 atom stereocenters. The Labute approximate surface area is 147 Å². The van der Waals surface area contributed by atoms with Gasteiger partial charge in [0.25, 0.3) is 0 Å². The lowest BCUT2D eigenvalue weighted by Gasteiger charge is -2.23. The number of nitrogens with zero attached hydrogens (tertiary/aromatic N) is 7. The van der Waals surface area contributed by atoms with Gasteiger partial charge >= 0.3 is 0 Å². The monoisotopic (exact) mass is 337 g/mol. The van der Waals surface area contributed by atoms with Gasteiger partial charge in [0.2, 0.25) is 5.95 Å². The van der Waals surface area contributed by atoms with Crippen molar-refractivity contribution in [3.8, 4) is 0 Å². The van der Waals surface area contributed by atoms with Crippen molar-refractivity contribution in [2.24, 2.45) is 7.05 Å². The summed E-state index contributed by atoms with van der Waals surface area (Å²) in [5, 5.41) is 17.1. The van der Waals surface area contributed by atoms with Gasteiger partial charge in [0.1, 0.15) is 18.0 Å². The van der Waals surface area contributed by atoms with Crippen LogP contribution in [0, 0.1) is 6.92 Å². The molecule has 2 aromatic heterocycles. The Kier molecular flexibility index (Phi) is 3.99. The number of rotatable bonds is 4. The minimum Gasteiger partial charge on any atom is -0.340 e. The van der Waals surface area contributed by atoms with Crippen molar-refractivity contribution in [1.29, 1.82) is 0 Å². The van der Waals surface area contributed by atoms with Crippen molar-refractivity contribution in [2.45, 2.75) is 38.8 Å².